The fourth-order valence-corrected chi connectivity index (χ4v) is 7.62. The van der Waals surface area contributed by atoms with Crippen molar-refractivity contribution in [3.63, 3.8) is 0 Å². The van der Waals surface area contributed by atoms with Crippen molar-refractivity contribution in [3.05, 3.63) is 0 Å². The van der Waals surface area contributed by atoms with E-state index in [2.05, 4.69) is 44.7 Å². The van der Waals surface area contributed by atoms with E-state index in [9.17, 15) is 9.59 Å². The molecule has 0 fully saturated rings. The Morgan fingerprint density at radius 2 is 0.940 bits per heavy atom. The maximum Gasteiger partial charge on any atom is 0.308 e. The molecule has 0 aliphatic carbocycles. The quantitative estimate of drug-likeness (QED) is 0.0463. The van der Waals surface area contributed by atoms with Gasteiger partial charge in [-0.25, -0.2) is 0 Å². The van der Waals surface area contributed by atoms with Gasteiger partial charge in [-0.3, -0.25) is 9.59 Å². The number of carbonyl (C=O) groups is 2. The predicted octanol–water partition coefficient (Wildman–Crippen LogP) is 13.0. The van der Waals surface area contributed by atoms with E-state index >= 15 is 0 Å². The first kappa shape index (κ1) is 49.4. The minimum atomic E-state index is 0.0793. The Morgan fingerprint density at radius 1 is 0.500 bits per heavy atom. The van der Waals surface area contributed by atoms with E-state index in [0.29, 0.717) is 11.7 Å². The molecule has 0 rings (SSSR count). The highest BCUT2D eigenvalue weighted by molar-refractivity contribution is 8.13. The number of thioether (sulfide) groups is 1. The van der Waals surface area contributed by atoms with Gasteiger partial charge < -0.3 is 14.5 Å². The highest BCUT2D eigenvalue weighted by atomic mass is 32.2. The van der Waals surface area contributed by atoms with Gasteiger partial charge in [0.15, 0.2) is 5.12 Å². The number of hydrogen-bond donors (Lipinski definition) is 0. The zero-order chi connectivity index (χ0) is 36.8. The number of nitrogens with zero attached hydrogens (tertiary/aromatic N) is 2. The minimum Gasteiger partial charge on any atom is -0.465 e. The van der Waals surface area contributed by atoms with Crippen LogP contribution in [0, 0.1) is 5.92 Å². The highest BCUT2D eigenvalue weighted by Gasteiger charge is 2.19. The van der Waals surface area contributed by atoms with Crippen molar-refractivity contribution in [2.24, 2.45) is 5.92 Å². The smallest absolute Gasteiger partial charge is 0.308 e. The van der Waals surface area contributed by atoms with Crippen LogP contribution in [0.5, 0.6) is 0 Å². The summed E-state index contributed by atoms with van der Waals surface area (Å²) in [5.41, 5.74) is 0. The first-order valence-electron chi connectivity index (χ1n) is 22.1. The van der Waals surface area contributed by atoms with Gasteiger partial charge in [-0.05, 0) is 72.1 Å². The summed E-state index contributed by atoms with van der Waals surface area (Å²) >= 11 is 1.57. The highest BCUT2D eigenvalue weighted by Crippen LogP contribution is 2.21. The Kier molecular flexibility index (Phi) is 39.1. The van der Waals surface area contributed by atoms with E-state index in [-0.39, 0.29) is 11.9 Å². The molecular weight excluding hydrogens is 637 g/mol. The number of hydrogen-bond acceptors (Lipinski definition) is 6. The summed E-state index contributed by atoms with van der Waals surface area (Å²) in [4.78, 5) is 30.2. The molecule has 0 radical (unpaired) electrons. The van der Waals surface area contributed by atoms with E-state index in [4.69, 9.17) is 4.74 Å². The number of unbranched alkanes of at least 4 members (excludes halogenated alkanes) is 22. The third-order valence-electron chi connectivity index (χ3n) is 10.2. The second-order valence-electron chi connectivity index (χ2n) is 15.5. The van der Waals surface area contributed by atoms with E-state index in [1.807, 2.05) is 0 Å². The van der Waals surface area contributed by atoms with Gasteiger partial charge in [-0.2, -0.15) is 0 Å². The first-order valence-corrected chi connectivity index (χ1v) is 23.1. The van der Waals surface area contributed by atoms with Gasteiger partial charge >= 0.3 is 5.97 Å². The summed E-state index contributed by atoms with van der Waals surface area (Å²) in [6.07, 6.45) is 36.5. The average Bonchev–Trinajstić information content (AvgIpc) is 3.10. The van der Waals surface area contributed by atoms with E-state index in [0.717, 1.165) is 70.3 Å². The molecular formula is C44H88N2O3S. The van der Waals surface area contributed by atoms with Crippen molar-refractivity contribution in [2.75, 3.05) is 52.6 Å². The Bertz CT molecular complexity index is 703. The molecule has 0 saturated heterocycles. The molecule has 0 spiro atoms. The van der Waals surface area contributed by atoms with Gasteiger partial charge in [-0.15, -0.1) is 0 Å². The van der Waals surface area contributed by atoms with Crippen LogP contribution >= 0.6 is 11.8 Å². The normalized spacial score (nSPS) is 11.8. The van der Waals surface area contributed by atoms with Gasteiger partial charge in [0, 0.05) is 25.3 Å². The van der Waals surface area contributed by atoms with Crippen LogP contribution in [0.15, 0.2) is 0 Å². The van der Waals surface area contributed by atoms with E-state index in [1.54, 1.807) is 11.8 Å². The van der Waals surface area contributed by atoms with Crippen LogP contribution in [0.1, 0.15) is 213 Å². The lowest BCUT2D eigenvalue weighted by Crippen LogP contribution is -2.33. The minimum absolute atomic E-state index is 0.0793. The Hall–Kier alpha value is -0.590. The molecule has 0 bridgehead atoms. The predicted molar refractivity (Wildman–Crippen MR) is 222 cm³/mol. The molecule has 6 heteroatoms. The Balaban J connectivity index is 4.16. The van der Waals surface area contributed by atoms with Crippen LogP contribution in [-0.4, -0.2) is 73.5 Å². The topological polar surface area (TPSA) is 49.9 Å². The summed E-state index contributed by atoms with van der Waals surface area (Å²) in [6, 6.07) is 0. The molecule has 0 aliphatic rings. The van der Waals surface area contributed by atoms with Gasteiger partial charge in [0.1, 0.15) is 0 Å². The molecule has 0 aromatic rings. The molecule has 0 aliphatic heterocycles. The standard InChI is InChI=1S/C44H88N2O3S/c1-6-9-12-15-18-21-28-35-43(47)50-41-32-25-23-30-37-46(39-38-45(4)5)36-29-22-24-31-40-49-44(48)42(33-26-19-16-13-10-7-2)34-27-20-17-14-11-8-3/h42H,6-41H2,1-5H3. The second-order valence-corrected chi connectivity index (χ2v) is 16.7. The van der Waals surface area contributed by atoms with Crippen LogP contribution in [0.2, 0.25) is 0 Å². The van der Waals surface area contributed by atoms with E-state index in [1.165, 1.54) is 154 Å². The molecule has 0 aromatic heterocycles. The number of ether oxygens (including phenoxy) is 1. The van der Waals surface area contributed by atoms with Gasteiger partial charge in [0.2, 0.25) is 0 Å². The third kappa shape index (κ3) is 35.8. The average molecular weight is 725 g/mol. The van der Waals surface area contributed by atoms with Crippen LogP contribution in [-0.2, 0) is 14.3 Å². The van der Waals surface area contributed by atoms with E-state index < -0.39 is 0 Å². The number of esters is 1. The second kappa shape index (κ2) is 39.6. The summed E-state index contributed by atoms with van der Waals surface area (Å²) < 4.78 is 5.86. The maximum absolute atomic E-state index is 13.0. The molecule has 0 atom stereocenters. The van der Waals surface area contributed by atoms with Crippen LogP contribution in [0.3, 0.4) is 0 Å². The molecule has 50 heavy (non-hydrogen) atoms. The zero-order valence-electron chi connectivity index (χ0n) is 34.6. The molecule has 0 N–H and O–H groups in total. The Labute approximate surface area is 318 Å². The van der Waals surface area contributed by atoms with Crippen molar-refractivity contribution >= 4 is 22.8 Å². The van der Waals surface area contributed by atoms with Crippen LogP contribution < -0.4 is 0 Å². The largest absolute Gasteiger partial charge is 0.465 e. The number of likely N-dealkylation sites (N-methyl/N-ethyl adjacent to an activating group) is 1. The lowest BCUT2D eigenvalue weighted by molar-refractivity contribution is -0.149. The first-order chi connectivity index (χ1) is 24.4. The van der Waals surface area contributed by atoms with Crippen LogP contribution in [0.4, 0.5) is 0 Å². The number of rotatable bonds is 40. The number of carbonyl (C=O) groups excluding carboxylic acids is 2. The summed E-state index contributed by atoms with van der Waals surface area (Å²) in [5.74, 6) is 1.18. The van der Waals surface area contributed by atoms with Gasteiger partial charge in [-0.1, -0.05) is 174 Å². The molecule has 0 saturated carbocycles. The van der Waals surface area contributed by atoms with Crippen molar-refractivity contribution in [1.82, 2.24) is 9.80 Å². The van der Waals surface area contributed by atoms with Crippen LogP contribution in [0.25, 0.3) is 0 Å². The van der Waals surface area contributed by atoms with Gasteiger partial charge in [0.25, 0.3) is 0 Å². The lowest BCUT2D eigenvalue weighted by Gasteiger charge is -2.24. The third-order valence-corrected chi connectivity index (χ3v) is 11.3. The summed E-state index contributed by atoms with van der Waals surface area (Å²) in [6.45, 7) is 12.0. The fourth-order valence-electron chi connectivity index (χ4n) is 6.76. The fraction of sp³-hybridized carbons (Fsp3) is 0.955. The van der Waals surface area contributed by atoms with Crippen molar-refractivity contribution in [1.29, 1.82) is 0 Å². The molecule has 5 nitrogen and oxygen atoms in total. The molecule has 0 heterocycles. The molecule has 0 aromatic carbocycles. The van der Waals surface area contributed by atoms with Crippen molar-refractivity contribution in [3.8, 4) is 0 Å². The Morgan fingerprint density at radius 3 is 1.46 bits per heavy atom. The molecule has 0 unspecified atom stereocenters. The monoisotopic (exact) mass is 725 g/mol. The summed E-state index contributed by atoms with van der Waals surface area (Å²) in [5, 5.41) is 0.405. The molecule has 0 amide bonds. The summed E-state index contributed by atoms with van der Waals surface area (Å²) in [7, 11) is 4.33. The molecule has 298 valence electrons. The SMILES string of the molecule is CCCCCCCCCC(=O)SCCCCCCN(CCCCCCOC(=O)C(CCCCCCCC)CCCCCCCC)CCN(C)C. The zero-order valence-corrected chi connectivity index (χ0v) is 35.4. The van der Waals surface area contributed by atoms with Crippen molar-refractivity contribution < 1.29 is 14.3 Å². The maximum atomic E-state index is 13.0. The van der Waals surface area contributed by atoms with Gasteiger partial charge in [0.05, 0.1) is 12.5 Å². The lowest BCUT2D eigenvalue weighted by atomic mass is 9.94. The van der Waals surface area contributed by atoms with Crippen molar-refractivity contribution in [2.45, 2.75) is 213 Å².